The summed E-state index contributed by atoms with van der Waals surface area (Å²) in [6.45, 7) is 0. The largest absolute Gasteiger partial charge is 0.316 e. The maximum absolute atomic E-state index is 2.49. The third-order valence-corrected chi connectivity index (χ3v) is 13.3. The quantitative estimate of drug-likeness (QED) is 0.149. The van der Waals surface area contributed by atoms with Gasteiger partial charge in [0, 0.05) is 67.3 Å². The van der Waals surface area contributed by atoms with Crippen LogP contribution in [0.25, 0.3) is 93.8 Å². The number of anilines is 3. The van der Waals surface area contributed by atoms with Gasteiger partial charge in [-0.25, -0.2) is 0 Å². The van der Waals surface area contributed by atoms with Crippen molar-refractivity contribution >= 4 is 71.6 Å². The summed E-state index contributed by atoms with van der Waals surface area (Å²) in [4.78, 5) is 2.36. The normalized spacial score (nSPS) is 11.6. The fourth-order valence-corrected chi connectivity index (χ4v) is 10.2. The van der Waals surface area contributed by atoms with Gasteiger partial charge >= 0.3 is 0 Å². The fourth-order valence-electron chi connectivity index (χ4n) is 10.2. The minimum absolute atomic E-state index is 1.08. The molecule has 0 aliphatic rings. The molecule has 0 aliphatic carbocycles. The van der Waals surface area contributed by atoms with Gasteiger partial charge < -0.3 is 18.6 Å². The van der Waals surface area contributed by atoms with E-state index in [0.29, 0.717) is 0 Å². The van der Waals surface area contributed by atoms with Crippen LogP contribution in [0.2, 0.25) is 0 Å². The molecule has 0 spiro atoms. The number of nitrogens with zero attached hydrogens (tertiary/aromatic N) is 4. The van der Waals surface area contributed by atoms with Crippen LogP contribution in [0.3, 0.4) is 0 Å². The van der Waals surface area contributed by atoms with Gasteiger partial charge in [-0.15, -0.1) is 0 Å². The Labute approximate surface area is 382 Å². The minimum atomic E-state index is 1.08. The molecule has 0 fully saturated rings. The van der Waals surface area contributed by atoms with E-state index in [4.69, 9.17) is 0 Å². The van der Waals surface area contributed by atoms with E-state index in [1.165, 1.54) is 71.3 Å². The molecule has 0 aliphatic heterocycles. The van der Waals surface area contributed by atoms with Crippen LogP contribution in [0.1, 0.15) is 0 Å². The summed E-state index contributed by atoms with van der Waals surface area (Å²) in [6, 6.07) is 90.1. The standard InChI is InChI=1S/C62H42N4/c1-5-15-43(16-6-1)45-25-29-49(30-26-45)64(50-31-27-46(28-32-50)44-17-7-2-8-18-44)51-33-35-52(36-34-51)66-61-42-60-56(53-23-13-14-24-59(53)65(60)48-21-11-4-12-22-48)41-57(61)54-37-38-58-55(62(54)66)39-40-63(58)47-19-9-3-10-20-47/h1-42H. The molecule has 4 nitrogen and oxygen atoms in total. The molecule has 13 aromatic rings. The first-order chi connectivity index (χ1) is 32.7. The lowest BCUT2D eigenvalue weighted by Crippen LogP contribution is -2.10. The summed E-state index contributed by atoms with van der Waals surface area (Å²) in [5.41, 5.74) is 17.3. The smallest absolute Gasteiger partial charge is 0.0635 e. The number of benzene rings is 10. The molecule has 66 heavy (non-hydrogen) atoms. The Morgan fingerprint density at radius 3 is 1.33 bits per heavy atom. The van der Waals surface area contributed by atoms with Crippen molar-refractivity contribution in [2.45, 2.75) is 0 Å². The van der Waals surface area contributed by atoms with E-state index < -0.39 is 0 Å². The number of hydrogen-bond acceptors (Lipinski definition) is 1. The highest BCUT2D eigenvalue weighted by atomic mass is 15.1. The van der Waals surface area contributed by atoms with Crippen molar-refractivity contribution in [2.75, 3.05) is 4.90 Å². The highest BCUT2D eigenvalue weighted by molar-refractivity contribution is 6.23. The van der Waals surface area contributed by atoms with Crippen LogP contribution in [0.5, 0.6) is 0 Å². The molecule has 0 unspecified atom stereocenters. The summed E-state index contributed by atoms with van der Waals surface area (Å²) < 4.78 is 7.21. The average molecular weight is 843 g/mol. The second kappa shape index (κ2) is 15.4. The van der Waals surface area contributed by atoms with E-state index in [1.54, 1.807) is 0 Å². The van der Waals surface area contributed by atoms with E-state index in [0.717, 1.165) is 39.6 Å². The second-order valence-electron chi connectivity index (χ2n) is 17.0. The maximum atomic E-state index is 2.49. The van der Waals surface area contributed by atoms with Gasteiger partial charge in [0.2, 0.25) is 0 Å². The third-order valence-electron chi connectivity index (χ3n) is 13.3. The van der Waals surface area contributed by atoms with Crippen LogP contribution < -0.4 is 4.90 Å². The van der Waals surface area contributed by atoms with Crippen molar-refractivity contribution in [3.05, 3.63) is 255 Å². The lowest BCUT2D eigenvalue weighted by molar-refractivity contribution is 1.13. The van der Waals surface area contributed by atoms with Gasteiger partial charge in [0.1, 0.15) is 0 Å². The van der Waals surface area contributed by atoms with Crippen molar-refractivity contribution in [3.63, 3.8) is 0 Å². The van der Waals surface area contributed by atoms with Crippen LogP contribution in [0.15, 0.2) is 255 Å². The van der Waals surface area contributed by atoms with E-state index in [1.807, 2.05) is 0 Å². The monoisotopic (exact) mass is 842 g/mol. The number of hydrogen-bond donors (Lipinski definition) is 0. The van der Waals surface area contributed by atoms with Crippen molar-refractivity contribution in [1.29, 1.82) is 0 Å². The van der Waals surface area contributed by atoms with Crippen LogP contribution in [0.4, 0.5) is 17.1 Å². The van der Waals surface area contributed by atoms with Gasteiger partial charge in [0.25, 0.3) is 0 Å². The lowest BCUT2D eigenvalue weighted by Gasteiger charge is -2.26. The van der Waals surface area contributed by atoms with Gasteiger partial charge in [-0.3, -0.25) is 0 Å². The fraction of sp³-hybridized carbons (Fsp3) is 0. The van der Waals surface area contributed by atoms with Crippen molar-refractivity contribution < 1.29 is 0 Å². The maximum Gasteiger partial charge on any atom is 0.0635 e. The van der Waals surface area contributed by atoms with Gasteiger partial charge in [0.05, 0.1) is 27.6 Å². The SMILES string of the molecule is c1ccc(-c2ccc(N(c3ccc(-c4ccccc4)cc3)c3ccc(-n4c5cc6c(cc5c5ccc7c(ccn7-c7ccccc7)c54)c4ccccc4n6-c4ccccc4)cc3)cc2)cc1. The summed E-state index contributed by atoms with van der Waals surface area (Å²) >= 11 is 0. The molecule has 0 amide bonds. The molecule has 310 valence electrons. The van der Waals surface area contributed by atoms with Crippen LogP contribution in [-0.4, -0.2) is 13.7 Å². The first kappa shape index (κ1) is 37.7. The van der Waals surface area contributed by atoms with E-state index >= 15 is 0 Å². The molecule has 0 radical (unpaired) electrons. The first-order valence-corrected chi connectivity index (χ1v) is 22.6. The summed E-state index contributed by atoms with van der Waals surface area (Å²) in [5.74, 6) is 0. The Hall–Kier alpha value is -8.86. The van der Waals surface area contributed by atoms with E-state index in [-0.39, 0.29) is 0 Å². The molecule has 0 bridgehead atoms. The van der Waals surface area contributed by atoms with Crippen molar-refractivity contribution in [2.24, 2.45) is 0 Å². The zero-order valence-electron chi connectivity index (χ0n) is 36.0. The van der Waals surface area contributed by atoms with Gasteiger partial charge in [-0.05, 0) is 125 Å². The Bertz CT molecular complexity index is 3780. The van der Waals surface area contributed by atoms with Gasteiger partial charge in [-0.1, -0.05) is 146 Å². The number of fused-ring (bicyclic) bond motifs is 8. The number of para-hydroxylation sites is 3. The molecule has 0 atom stereocenters. The zero-order chi connectivity index (χ0) is 43.6. The van der Waals surface area contributed by atoms with Crippen LogP contribution in [0, 0.1) is 0 Å². The Morgan fingerprint density at radius 2 is 0.727 bits per heavy atom. The predicted molar refractivity (Wildman–Crippen MR) is 278 cm³/mol. The molecular weight excluding hydrogens is 801 g/mol. The topological polar surface area (TPSA) is 18.0 Å². The second-order valence-corrected chi connectivity index (χ2v) is 17.0. The predicted octanol–water partition coefficient (Wildman–Crippen LogP) is 16.6. The van der Waals surface area contributed by atoms with Gasteiger partial charge in [0.15, 0.2) is 0 Å². The van der Waals surface area contributed by atoms with Crippen molar-refractivity contribution in [3.8, 4) is 39.3 Å². The summed E-state index contributed by atoms with van der Waals surface area (Å²) in [6.07, 6.45) is 2.21. The zero-order valence-corrected chi connectivity index (χ0v) is 36.0. The van der Waals surface area contributed by atoms with E-state index in [2.05, 4.69) is 274 Å². The number of aromatic nitrogens is 3. The molecule has 0 saturated heterocycles. The van der Waals surface area contributed by atoms with Gasteiger partial charge in [-0.2, -0.15) is 0 Å². The highest BCUT2D eigenvalue weighted by Gasteiger charge is 2.22. The molecular formula is C62H42N4. The van der Waals surface area contributed by atoms with Crippen LogP contribution >= 0.6 is 0 Å². The molecule has 4 heteroatoms. The summed E-state index contributed by atoms with van der Waals surface area (Å²) in [7, 11) is 0. The third kappa shape index (κ3) is 6.15. The molecule has 0 saturated carbocycles. The number of rotatable bonds is 8. The van der Waals surface area contributed by atoms with Crippen molar-refractivity contribution in [1.82, 2.24) is 13.7 Å². The lowest BCUT2D eigenvalue weighted by atomic mass is 10.0. The Morgan fingerprint density at radius 1 is 0.258 bits per heavy atom. The first-order valence-electron chi connectivity index (χ1n) is 22.6. The minimum Gasteiger partial charge on any atom is -0.316 e. The molecule has 10 aromatic carbocycles. The van der Waals surface area contributed by atoms with E-state index in [9.17, 15) is 0 Å². The highest BCUT2D eigenvalue weighted by Crippen LogP contribution is 2.43. The molecule has 0 N–H and O–H groups in total. The molecule has 3 aromatic heterocycles. The Balaban J connectivity index is 1.02. The van der Waals surface area contributed by atoms with Crippen LogP contribution in [-0.2, 0) is 0 Å². The summed E-state index contributed by atoms with van der Waals surface area (Å²) in [5, 5.41) is 6.14. The molecule has 13 rings (SSSR count). The molecule has 3 heterocycles. The average Bonchev–Trinajstić information content (AvgIpc) is 4.08. The Kier molecular flexibility index (Phi) is 8.81.